The van der Waals surface area contributed by atoms with Crippen LogP contribution in [0.4, 0.5) is 9.93 Å². The molecular weight excluding hydrogens is 293 g/mol. The van der Waals surface area contributed by atoms with E-state index in [2.05, 4.69) is 10.3 Å². The van der Waals surface area contributed by atoms with Gasteiger partial charge in [-0.15, -0.1) is 0 Å². The number of carbonyl (C=O) groups is 1. The first kappa shape index (κ1) is 13.8. The van der Waals surface area contributed by atoms with Gasteiger partial charge in [-0.25, -0.2) is 19.4 Å². The van der Waals surface area contributed by atoms with Crippen LogP contribution in [0, 0.1) is 0 Å². The number of ether oxygens (including phenoxy) is 1. The first-order valence-corrected chi connectivity index (χ1v) is 7.40. The van der Waals surface area contributed by atoms with Crippen LogP contribution in [0.2, 0.25) is 0 Å². The fraction of sp³-hybridized carbons (Fsp3) is 0.111. The number of hydrogen-bond acceptors (Lipinski definition) is 5. The second-order valence-corrected chi connectivity index (χ2v) is 5.80. The Kier molecular flexibility index (Phi) is 3.72. The van der Waals surface area contributed by atoms with E-state index < -0.39 is 13.8 Å². The van der Waals surface area contributed by atoms with E-state index in [4.69, 9.17) is 14.5 Å². The molecule has 2 rings (SSSR count). The number of carbonyl (C=O) groups excluding carboxylic acids is 1. The molecular formula is C9H10N3O5PS. The average Bonchev–Trinajstić information content (AvgIpc) is 2.66. The minimum absolute atomic E-state index is 0.231. The van der Waals surface area contributed by atoms with Gasteiger partial charge >= 0.3 is 13.8 Å². The molecule has 0 aliphatic heterocycles. The maximum absolute atomic E-state index is 11.3. The molecule has 0 spiro atoms. The summed E-state index contributed by atoms with van der Waals surface area (Å²) in [6.07, 6.45) is 0. The van der Waals surface area contributed by atoms with Crippen molar-refractivity contribution in [3.05, 3.63) is 18.2 Å². The third kappa shape index (κ3) is 3.65. The highest BCUT2D eigenvalue weighted by Gasteiger charge is 2.17. The van der Waals surface area contributed by atoms with Gasteiger partial charge in [0.25, 0.3) is 0 Å². The number of nitrogens with zero attached hydrogens (tertiary/aromatic N) is 1. The summed E-state index contributed by atoms with van der Waals surface area (Å²) in [7, 11) is -3.07. The van der Waals surface area contributed by atoms with Crippen LogP contribution in [0.1, 0.15) is 0 Å². The second kappa shape index (κ2) is 5.14. The van der Waals surface area contributed by atoms with Crippen LogP contribution >= 0.6 is 19.1 Å². The third-order valence-electron chi connectivity index (χ3n) is 2.06. The molecule has 19 heavy (non-hydrogen) atoms. The van der Waals surface area contributed by atoms with E-state index in [0.29, 0.717) is 11.3 Å². The van der Waals surface area contributed by atoms with E-state index in [1.165, 1.54) is 23.5 Å². The van der Waals surface area contributed by atoms with Crippen LogP contribution in [-0.4, -0.2) is 27.9 Å². The zero-order valence-electron chi connectivity index (χ0n) is 9.65. The van der Waals surface area contributed by atoms with Crippen molar-refractivity contribution in [3.8, 4) is 5.75 Å². The molecule has 102 valence electrons. The van der Waals surface area contributed by atoms with E-state index in [0.717, 1.165) is 4.70 Å². The van der Waals surface area contributed by atoms with Crippen LogP contribution < -0.4 is 15.1 Å². The van der Waals surface area contributed by atoms with Gasteiger partial charge < -0.3 is 14.5 Å². The van der Waals surface area contributed by atoms with Crippen molar-refractivity contribution in [1.82, 2.24) is 10.1 Å². The van der Waals surface area contributed by atoms with Crippen molar-refractivity contribution in [3.63, 3.8) is 0 Å². The van der Waals surface area contributed by atoms with Crippen LogP contribution in [-0.2, 0) is 4.57 Å². The van der Waals surface area contributed by atoms with E-state index in [-0.39, 0.29) is 5.13 Å². The molecule has 0 unspecified atom stereocenters. The van der Waals surface area contributed by atoms with Gasteiger partial charge in [-0.2, -0.15) is 0 Å². The van der Waals surface area contributed by atoms with Crippen molar-refractivity contribution in [2.24, 2.45) is 0 Å². The summed E-state index contributed by atoms with van der Waals surface area (Å²) in [5.74, 6) is 0.655. The molecule has 8 nitrogen and oxygen atoms in total. The van der Waals surface area contributed by atoms with E-state index >= 15 is 0 Å². The smallest absolute Gasteiger partial charge is 0.431 e. The lowest BCUT2D eigenvalue weighted by Crippen LogP contribution is -2.25. The zero-order chi connectivity index (χ0) is 14.0. The van der Waals surface area contributed by atoms with Crippen LogP contribution in [0.15, 0.2) is 18.2 Å². The molecule has 0 fully saturated rings. The molecule has 1 aromatic heterocycles. The minimum Gasteiger partial charge on any atom is -0.497 e. The first-order valence-electron chi connectivity index (χ1n) is 4.97. The summed E-state index contributed by atoms with van der Waals surface area (Å²) >= 11 is 1.17. The summed E-state index contributed by atoms with van der Waals surface area (Å²) in [6.45, 7) is 0. The Hall–Kier alpha value is -1.67. The van der Waals surface area contributed by atoms with Crippen molar-refractivity contribution in [2.45, 2.75) is 0 Å². The summed E-state index contributed by atoms with van der Waals surface area (Å²) in [5, 5.41) is 3.97. The number of amides is 2. The molecule has 0 saturated heterocycles. The van der Waals surface area contributed by atoms with Crippen LogP contribution in [0.25, 0.3) is 10.2 Å². The Morgan fingerprint density at radius 3 is 2.84 bits per heavy atom. The Bertz CT molecular complexity index is 667. The Balaban J connectivity index is 2.17. The number of rotatable bonds is 3. The van der Waals surface area contributed by atoms with Crippen molar-refractivity contribution >= 4 is 40.5 Å². The van der Waals surface area contributed by atoms with Gasteiger partial charge in [0, 0.05) is 0 Å². The molecule has 0 bridgehead atoms. The number of fused-ring (bicyclic) bond motifs is 1. The molecule has 0 radical (unpaired) electrons. The molecule has 1 heterocycles. The number of hydrogen-bond donors (Lipinski definition) is 4. The molecule has 10 heteroatoms. The first-order chi connectivity index (χ1) is 8.87. The van der Waals surface area contributed by atoms with Crippen molar-refractivity contribution < 1.29 is 23.9 Å². The zero-order valence-corrected chi connectivity index (χ0v) is 11.4. The van der Waals surface area contributed by atoms with Gasteiger partial charge in [-0.3, -0.25) is 5.32 Å². The Morgan fingerprint density at radius 1 is 1.47 bits per heavy atom. The van der Waals surface area contributed by atoms with E-state index in [1.54, 1.807) is 18.2 Å². The number of benzene rings is 1. The standard InChI is InChI=1S/C9H10N3O5PS/c1-17-5-2-3-6-7(4-5)19-9(10-6)11-8(13)12-18(14,15)16/h2-4H,1H3,(H4,10,11,12,13,14,15,16). The summed E-state index contributed by atoms with van der Waals surface area (Å²) < 4.78 is 16.4. The molecule has 0 saturated carbocycles. The monoisotopic (exact) mass is 303 g/mol. The quantitative estimate of drug-likeness (QED) is 0.638. The van der Waals surface area contributed by atoms with Crippen molar-refractivity contribution in [1.29, 1.82) is 0 Å². The van der Waals surface area contributed by atoms with E-state index in [1.807, 2.05) is 0 Å². The van der Waals surface area contributed by atoms with Gasteiger partial charge in [0.1, 0.15) is 5.75 Å². The van der Waals surface area contributed by atoms with Gasteiger partial charge in [0.15, 0.2) is 5.13 Å². The predicted molar refractivity (Wildman–Crippen MR) is 70.4 cm³/mol. The number of anilines is 1. The summed E-state index contributed by atoms with van der Waals surface area (Å²) in [6, 6.07) is 4.18. The fourth-order valence-corrected chi connectivity index (χ4v) is 2.55. The highest BCUT2D eigenvalue weighted by Crippen LogP contribution is 2.31. The molecule has 1 aromatic carbocycles. The third-order valence-corrected chi connectivity index (χ3v) is 3.49. The van der Waals surface area contributed by atoms with Gasteiger partial charge in [0.05, 0.1) is 17.3 Å². The fourth-order valence-electron chi connectivity index (χ4n) is 1.34. The predicted octanol–water partition coefficient (Wildman–Crippen LogP) is 1.52. The molecule has 0 atom stereocenters. The molecule has 2 aromatic rings. The lowest BCUT2D eigenvalue weighted by atomic mass is 10.3. The van der Waals surface area contributed by atoms with E-state index in [9.17, 15) is 9.36 Å². The maximum Gasteiger partial charge on any atom is 0.431 e. The lowest BCUT2D eigenvalue weighted by Gasteiger charge is -2.05. The molecule has 2 amide bonds. The van der Waals surface area contributed by atoms with Crippen LogP contribution in [0.5, 0.6) is 5.75 Å². The largest absolute Gasteiger partial charge is 0.497 e. The number of nitrogens with one attached hydrogen (secondary N) is 2. The highest BCUT2D eigenvalue weighted by molar-refractivity contribution is 7.50. The average molecular weight is 303 g/mol. The number of urea groups is 1. The summed E-state index contributed by atoms with van der Waals surface area (Å²) in [5.41, 5.74) is 0.650. The molecule has 4 N–H and O–H groups in total. The Labute approximate surface area is 111 Å². The minimum atomic E-state index is -4.61. The van der Waals surface area contributed by atoms with Gasteiger partial charge in [0.2, 0.25) is 0 Å². The Morgan fingerprint density at radius 2 is 2.21 bits per heavy atom. The number of methoxy groups -OCH3 is 1. The number of thiazole rings is 1. The maximum atomic E-state index is 11.3. The molecule has 0 aliphatic carbocycles. The van der Waals surface area contributed by atoms with Gasteiger partial charge in [-0.05, 0) is 18.2 Å². The second-order valence-electron chi connectivity index (χ2n) is 3.46. The molecule has 0 aliphatic rings. The highest BCUT2D eigenvalue weighted by atomic mass is 32.1. The van der Waals surface area contributed by atoms with Gasteiger partial charge in [-0.1, -0.05) is 11.3 Å². The summed E-state index contributed by atoms with van der Waals surface area (Å²) in [4.78, 5) is 32.5. The van der Waals surface area contributed by atoms with Crippen molar-refractivity contribution in [2.75, 3.05) is 12.4 Å². The SMILES string of the molecule is COc1ccc2nc(NC(=O)NP(=O)(O)O)sc2c1. The lowest BCUT2D eigenvalue weighted by molar-refractivity contribution is 0.253. The number of aromatic nitrogens is 1. The normalized spacial score (nSPS) is 11.3. The topological polar surface area (TPSA) is 121 Å². The van der Waals surface area contributed by atoms with Crippen LogP contribution in [0.3, 0.4) is 0 Å².